The summed E-state index contributed by atoms with van der Waals surface area (Å²) in [6, 6.07) is 10.5. The molecule has 0 bridgehead atoms. The van der Waals surface area contributed by atoms with Gasteiger partial charge in [-0.25, -0.2) is 0 Å². The molecule has 1 aliphatic rings. The lowest BCUT2D eigenvalue weighted by Gasteiger charge is -2.33. The van der Waals surface area contributed by atoms with Gasteiger partial charge >= 0.3 is 0 Å². The van der Waals surface area contributed by atoms with Gasteiger partial charge < -0.3 is 15.0 Å². The molecule has 0 radical (unpaired) electrons. The lowest BCUT2D eigenvalue weighted by atomic mass is 9.95. The van der Waals surface area contributed by atoms with E-state index in [4.69, 9.17) is 27.9 Å². The summed E-state index contributed by atoms with van der Waals surface area (Å²) in [6.45, 7) is 5.92. The van der Waals surface area contributed by atoms with Crippen LogP contribution < -0.4 is 10.1 Å². The second-order valence-electron chi connectivity index (χ2n) is 9.01. The number of ether oxygens (including phenoxy) is 1. The van der Waals surface area contributed by atoms with Gasteiger partial charge in [0.05, 0.1) is 0 Å². The predicted molar refractivity (Wildman–Crippen MR) is 138 cm³/mol. The van der Waals surface area contributed by atoms with Crippen molar-refractivity contribution in [1.29, 1.82) is 0 Å². The Kier molecular flexibility index (Phi) is 9.66. The normalized spacial score (nSPS) is 15.0. The van der Waals surface area contributed by atoms with Gasteiger partial charge in [-0.3, -0.25) is 9.59 Å². The van der Waals surface area contributed by atoms with Crippen LogP contribution in [0.1, 0.15) is 62.1 Å². The number of amides is 2. The Hall–Kier alpha value is -2.24. The zero-order valence-corrected chi connectivity index (χ0v) is 21.7. The molecule has 2 amide bonds. The lowest BCUT2D eigenvalue weighted by Crippen LogP contribution is -2.52. The van der Waals surface area contributed by atoms with Crippen molar-refractivity contribution in [3.05, 3.63) is 63.1 Å². The number of hydrogen-bond donors (Lipinski definition) is 1. The minimum atomic E-state index is -0.622. The number of carbonyl (C=O) groups is 2. The molecule has 0 heterocycles. The highest BCUT2D eigenvalue weighted by Gasteiger charge is 2.31. The first kappa shape index (κ1) is 26.4. The van der Waals surface area contributed by atoms with Gasteiger partial charge in [0, 0.05) is 22.6 Å². The number of nitrogens with one attached hydrogen (secondary N) is 1. The van der Waals surface area contributed by atoms with Crippen molar-refractivity contribution >= 4 is 35.0 Å². The second-order valence-corrected chi connectivity index (χ2v) is 9.86. The molecule has 0 spiro atoms. The molecule has 1 saturated carbocycles. The highest BCUT2D eigenvalue weighted by Crippen LogP contribution is 2.25. The summed E-state index contributed by atoms with van der Waals surface area (Å²) in [5.74, 6) is 0.273. The van der Waals surface area contributed by atoms with Crippen LogP contribution in [0.4, 0.5) is 0 Å². The highest BCUT2D eigenvalue weighted by molar-refractivity contribution is 6.35. The number of nitrogens with zero attached hydrogens (tertiary/aromatic N) is 1. The van der Waals surface area contributed by atoms with Crippen LogP contribution in [0.25, 0.3) is 0 Å². The van der Waals surface area contributed by atoms with Crippen LogP contribution in [0.15, 0.2) is 36.4 Å². The highest BCUT2D eigenvalue weighted by atomic mass is 35.5. The maximum atomic E-state index is 13.4. The summed E-state index contributed by atoms with van der Waals surface area (Å²) in [6.07, 6.45) is 5.89. The number of halogens is 2. The third kappa shape index (κ3) is 6.89. The van der Waals surface area contributed by atoms with Crippen LogP contribution >= 0.6 is 23.2 Å². The van der Waals surface area contributed by atoms with E-state index in [1.807, 2.05) is 39.0 Å². The summed E-state index contributed by atoms with van der Waals surface area (Å²) >= 11 is 12.5. The number of aryl methyl sites for hydroxylation is 1. The standard InChI is InChI=1S/C27H34Cl2N2O3/c1-4-24(27(33)30-22-10-6-5-7-11-22)31(16-20-13-14-21(28)15-23(20)29)26(32)17-34-25-12-8-9-18(2)19(25)3/h8-9,12-15,22,24H,4-7,10-11,16-17H2,1-3H3,(H,30,33)/t24-/m0/s1. The quantitative estimate of drug-likeness (QED) is 0.439. The zero-order valence-electron chi connectivity index (χ0n) is 20.2. The fraction of sp³-hybridized carbons (Fsp3) is 0.481. The molecule has 5 nitrogen and oxygen atoms in total. The lowest BCUT2D eigenvalue weighted by molar-refractivity contribution is -0.143. The Morgan fingerprint density at radius 1 is 1.12 bits per heavy atom. The molecule has 2 aromatic rings. The molecule has 1 atom stereocenters. The molecule has 34 heavy (non-hydrogen) atoms. The van der Waals surface area contributed by atoms with Gasteiger partial charge in [0.2, 0.25) is 5.91 Å². The van der Waals surface area contributed by atoms with Crippen molar-refractivity contribution in [2.24, 2.45) is 0 Å². The van der Waals surface area contributed by atoms with Gasteiger partial charge in [-0.05, 0) is 68.0 Å². The van der Waals surface area contributed by atoms with E-state index in [9.17, 15) is 9.59 Å². The van der Waals surface area contributed by atoms with Gasteiger partial charge in [0.15, 0.2) is 6.61 Å². The average Bonchev–Trinajstić information content (AvgIpc) is 2.81. The molecule has 0 aromatic heterocycles. The third-order valence-corrected chi connectivity index (χ3v) is 7.19. The van der Waals surface area contributed by atoms with E-state index in [0.717, 1.165) is 42.4 Å². The second kappa shape index (κ2) is 12.5. The van der Waals surface area contributed by atoms with Gasteiger partial charge in [-0.1, -0.05) is 67.6 Å². The number of rotatable bonds is 9. The van der Waals surface area contributed by atoms with Crippen LogP contribution in [0.2, 0.25) is 10.0 Å². The Labute approximate surface area is 212 Å². The van der Waals surface area contributed by atoms with Crippen molar-refractivity contribution in [2.75, 3.05) is 6.61 Å². The van der Waals surface area contributed by atoms with Crippen molar-refractivity contribution in [3.8, 4) is 5.75 Å². The molecular formula is C27H34Cl2N2O3. The molecule has 2 aromatic carbocycles. The predicted octanol–water partition coefficient (Wildman–Crippen LogP) is 6.25. The van der Waals surface area contributed by atoms with Gasteiger partial charge in [0.25, 0.3) is 5.91 Å². The minimum Gasteiger partial charge on any atom is -0.483 e. The topological polar surface area (TPSA) is 58.6 Å². The maximum Gasteiger partial charge on any atom is 0.261 e. The molecule has 0 saturated heterocycles. The molecule has 1 aliphatic carbocycles. The molecule has 3 rings (SSSR count). The molecule has 0 aliphatic heterocycles. The first-order valence-electron chi connectivity index (χ1n) is 12.0. The number of hydrogen-bond acceptors (Lipinski definition) is 3. The molecule has 1 fully saturated rings. The summed E-state index contributed by atoms with van der Waals surface area (Å²) in [5.41, 5.74) is 2.81. The van der Waals surface area contributed by atoms with Crippen molar-refractivity contribution in [2.45, 2.75) is 77.9 Å². The van der Waals surface area contributed by atoms with Crippen LogP contribution in [0.3, 0.4) is 0 Å². The number of benzene rings is 2. The van der Waals surface area contributed by atoms with Crippen LogP contribution in [0.5, 0.6) is 5.75 Å². The molecule has 7 heteroatoms. The fourth-order valence-corrected chi connectivity index (χ4v) is 4.87. The van der Waals surface area contributed by atoms with Crippen molar-refractivity contribution in [1.82, 2.24) is 10.2 Å². The summed E-state index contributed by atoms with van der Waals surface area (Å²) in [4.78, 5) is 28.3. The van der Waals surface area contributed by atoms with E-state index in [-0.39, 0.29) is 31.0 Å². The van der Waals surface area contributed by atoms with Crippen molar-refractivity contribution in [3.63, 3.8) is 0 Å². The SMILES string of the molecule is CC[C@@H](C(=O)NC1CCCCC1)N(Cc1ccc(Cl)cc1Cl)C(=O)COc1cccc(C)c1C. The first-order chi connectivity index (χ1) is 16.3. The monoisotopic (exact) mass is 504 g/mol. The number of carbonyl (C=O) groups excluding carboxylic acids is 2. The zero-order chi connectivity index (χ0) is 24.7. The summed E-state index contributed by atoms with van der Waals surface area (Å²) in [5, 5.41) is 4.16. The van der Waals surface area contributed by atoms with Crippen molar-refractivity contribution < 1.29 is 14.3 Å². The smallest absolute Gasteiger partial charge is 0.261 e. The van der Waals surface area contributed by atoms with Crippen LogP contribution in [-0.2, 0) is 16.1 Å². The Morgan fingerprint density at radius 2 is 1.85 bits per heavy atom. The molecule has 1 N–H and O–H groups in total. The minimum absolute atomic E-state index is 0.125. The van der Waals surface area contributed by atoms with Crippen LogP contribution in [0, 0.1) is 13.8 Å². The molecule has 0 unspecified atom stereocenters. The maximum absolute atomic E-state index is 13.4. The average molecular weight is 505 g/mol. The summed E-state index contributed by atoms with van der Waals surface area (Å²) in [7, 11) is 0. The van der Waals surface area contributed by atoms with E-state index in [1.54, 1.807) is 23.1 Å². The van der Waals surface area contributed by atoms with E-state index >= 15 is 0 Å². The van der Waals surface area contributed by atoms with Gasteiger partial charge in [0.1, 0.15) is 11.8 Å². The molecule has 184 valence electrons. The van der Waals surface area contributed by atoms with E-state index < -0.39 is 6.04 Å². The van der Waals surface area contributed by atoms with Gasteiger partial charge in [-0.15, -0.1) is 0 Å². The first-order valence-corrected chi connectivity index (χ1v) is 12.8. The van der Waals surface area contributed by atoms with E-state index in [1.165, 1.54) is 6.42 Å². The largest absolute Gasteiger partial charge is 0.483 e. The summed E-state index contributed by atoms with van der Waals surface area (Å²) < 4.78 is 5.89. The van der Waals surface area contributed by atoms with E-state index in [0.29, 0.717) is 22.2 Å². The fourth-order valence-electron chi connectivity index (χ4n) is 4.40. The Bertz CT molecular complexity index is 1010. The third-order valence-electron chi connectivity index (χ3n) is 6.60. The van der Waals surface area contributed by atoms with Gasteiger partial charge in [-0.2, -0.15) is 0 Å². The van der Waals surface area contributed by atoms with E-state index in [2.05, 4.69) is 5.32 Å². The molecular weight excluding hydrogens is 471 g/mol. The van der Waals surface area contributed by atoms with Crippen LogP contribution in [-0.4, -0.2) is 35.4 Å². The Morgan fingerprint density at radius 3 is 2.53 bits per heavy atom. The Balaban J connectivity index is 1.81.